The minimum atomic E-state index is -1.14. The molecule has 4 atom stereocenters. The highest BCUT2D eigenvalue weighted by atomic mass is 16.6. The van der Waals surface area contributed by atoms with Gasteiger partial charge in [-0.25, -0.2) is 4.79 Å². The molecule has 2 rings (SSSR count). The number of hydrogen-bond donors (Lipinski definition) is 6. The van der Waals surface area contributed by atoms with Crippen molar-refractivity contribution in [2.24, 2.45) is 34.5 Å². The summed E-state index contributed by atoms with van der Waals surface area (Å²) in [5.74, 6) is -4.71. The van der Waals surface area contributed by atoms with Crippen LogP contribution in [0.15, 0.2) is 35.5 Å². The molecule has 0 fully saturated rings. The lowest BCUT2D eigenvalue weighted by Gasteiger charge is -2.23. The molecule has 0 unspecified atom stereocenters. The minimum absolute atomic E-state index is 0.0113. The fourth-order valence-corrected chi connectivity index (χ4v) is 7.38. The molecule has 7 N–H and O–H groups in total. The Morgan fingerprint density at radius 3 is 1.93 bits per heavy atom. The van der Waals surface area contributed by atoms with Crippen molar-refractivity contribution in [2.75, 3.05) is 105 Å². The molecule has 0 aromatic heterocycles. The molecular formula is C48H76N8O14. The Hall–Kier alpha value is -5.48. The van der Waals surface area contributed by atoms with E-state index in [0.29, 0.717) is 65.1 Å². The summed E-state index contributed by atoms with van der Waals surface area (Å²) < 4.78 is 32.5. The maximum Gasteiger partial charge on any atom is 0.312 e. The van der Waals surface area contributed by atoms with Crippen LogP contribution in [0, 0.1) is 23.7 Å². The molecule has 70 heavy (non-hydrogen) atoms. The van der Waals surface area contributed by atoms with Gasteiger partial charge in [0.1, 0.15) is 19.0 Å². The van der Waals surface area contributed by atoms with Crippen molar-refractivity contribution in [1.29, 1.82) is 0 Å². The summed E-state index contributed by atoms with van der Waals surface area (Å²) in [4.78, 5) is 90.0. The monoisotopic (exact) mass is 989 g/mol. The van der Waals surface area contributed by atoms with Crippen molar-refractivity contribution in [1.82, 2.24) is 21.3 Å². The number of carbonyl (C=O) groups excluding carboxylic acids is 6. The number of benzene rings is 1. The van der Waals surface area contributed by atoms with Crippen LogP contribution in [-0.2, 0) is 63.6 Å². The van der Waals surface area contributed by atoms with E-state index < -0.39 is 41.6 Å². The molecule has 0 aliphatic heterocycles. The summed E-state index contributed by atoms with van der Waals surface area (Å²) in [5.41, 5.74) is 16.8. The number of rotatable bonds is 43. The first kappa shape index (κ1) is 60.6. The number of carboxylic acid groups (broad SMARTS) is 1. The summed E-state index contributed by atoms with van der Waals surface area (Å²) in [5, 5.41) is 23.7. The number of hydrogen-bond acceptors (Lipinski definition) is 14. The number of allylic oxidation sites excluding steroid dienone is 2. The van der Waals surface area contributed by atoms with E-state index in [1.54, 1.807) is 13.8 Å². The quantitative estimate of drug-likeness (QED) is 0.0237. The third-order valence-corrected chi connectivity index (χ3v) is 11.2. The predicted octanol–water partition coefficient (Wildman–Crippen LogP) is 3.29. The molecule has 5 amide bonds. The fourth-order valence-electron chi connectivity index (χ4n) is 7.38. The number of urea groups is 1. The standard InChI is InChI=1S/C48H76N8O14/c1-34(2)45(42(58)31-39(47(62)63)11-8-16-53-48(49)64)55-44(60)33-70-28-26-67-23-21-65-19-17-52-46(61)38(30-41(57)35(3)29-37-14-13-36-9-4-5-12-40(36)37)10-6-7-15-51-43(59)32-69-27-25-68-24-22-66-20-18-54-56-50/h4-5,9,12,14,34-35,38-39,45H,6-8,10-11,13,15-33H2,1-3H3,(H,51,59)(H,52,61)(H,55,60)(H,62,63)(H3,49,53,64)/t35-,38+,39+,45-/m0/s1. The van der Waals surface area contributed by atoms with Crippen molar-refractivity contribution in [2.45, 2.75) is 84.6 Å². The lowest BCUT2D eigenvalue weighted by molar-refractivity contribution is -0.144. The van der Waals surface area contributed by atoms with Gasteiger partial charge in [-0.1, -0.05) is 62.6 Å². The van der Waals surface area contributed by atoms with E-state index in [-0.39, 0.29) is 121 Å². The number of ketones is 2. The molecule has 392 valence electrons. The highest BCUT2D eigenvalue weighted by Crippen LogP contribution is 2.33. The second-order valence-corrected chi connectivity index (χ2v) is 17.1. The molecule has 0 saturated carbocycles. The van der Waals surface area contributed by atoms with Gasteiger partial charge in [-0.15, -0.1) is 0 Å². The Morgan fingerprint density at radius 2 is 1.29 bits per heavy atom. The molecular weight excluding hydrogens is 913 g/mol. The number of nitrogens with zero attached hydrogens (tertiary/aromatic N) is 3. The number of nitrogens with one attached hydrogen (secondary N) is 4. The normalized spacial score (nSPS) is 13.5. The van der Waals surface area contributed by atoms with Gasteiger partial charge in [0.2, 0.25) is 17.7 Å². The van der Waals surface area contributed by atoms with Gasteiger partial charge in [-0.2, -0.15) is 0 Å². The van der Waals surface area contributed by atoms with Crippen molar-refractivity contribution in [3.63, 3.8) is 0 Å². The number of primary amides is 1. The van der Waals surface area contributed by atoms with E-state index in [0.717, 1.165) is 12.0 Å². The molecule has 0 saturated heterocycles. The SMILES string of the molecule is CC(C)[C@H](NC(=O)COCCOCCOCCNC(=O)[C@H](CCCCNC(=O)COCCOCCOCCN=[N+]=[N-])CC(=O)[C@@H](C)CC1=CCc2ccccc21)C(=O)C[C@@H](CCCNC(N)=O)C(=O)O. The summed E-state index contributed by atoms with van der Waals surface area (Å²) in [6.07, 6.45) is 5.55. The zero-order valence-electron chi connectivity index (χ0n) is 41.1. The zero-order valence-corrected chi connectivity index (χ0v) is 41.1. The Labute approximate surface area is 410 Å². The smallest absolute Gasteiger partial charge is 0.312 e. The minimum Gasteiger partial charge on any atom is -0.481 e. The topological polar surface area (TPSA) is 318 Å². The number of carbonyl (C=O) groups is 7. The van der Waals surface area contributed by atoms with Gasteiger partial charge in [-0.05, 0) is 66.7 Å². The number of nitrogens with two attached hydrogens (primary N) is 1. The summed E-state index contributed by atoms with van der Waals surface area (Å²) in [6, 6.07) is 6.54. The predicted molar refractivity (Wildman–Crippen MR) is 258 cm³/mol. The van der Waals surface area contributed by atoms with Crippen LogP contribution < -0.4 is 27.0 Å². The van der Waals surface area contributed by atoms with E-state index >= 15 is 0 Å². The maximum atomic E-state index is 13.5. The summed E-state index contributed by atoms with van der Waals surface area (Å²) in [6.45, 7) is 8.43. The van der Waals surface area contributed by atoms with Crippen molar-refractivity contribution >= 4 is 46.9 Å². The van der Waals surface area contributed by atoms with Crippen LogP contribution in [0.25, 0.3) is 16.0 Å². The Bertz CT molecular complexity index is 1840. The lowest BCUT2D eigenvalue weighted by Crippen LogP contribution is -2.46. The first-order valence-corrected chi connectivity index (χ1v) is 24.1. The van der Waals surface area contributed by atoms with Crippen LogP contribution >= 0.6 is 0 Å². The molecule has 0 bridgehead atoms. The third-order valence-electron chi connectivity index (χ3n) is 11.2. The van der Waals surface area contributed by atoms with Gasteiger partial charge in [0.05, 0.1) is 78.0 Å². The van der Waals surface area contributed by atoms with Crippen molar-refractivity contribution < 1.29 is 67.1 Å². The van der Waals surface area contributed by atoms with Gasteiger partial charge in [0.25, 0.3) is 0 Å². The maximum absolute atomic E-state index is 13.5. The second-order valence-electron chi connectivity index (χ2n) is 17.1. The van der Waals surface area contributed by atoms with Crippen LogP contribution in [0.2, 0.25) is 0 Å². The van der Waals surface area contributed by atoms with E-state index in [9.17, 15) is 38.7 Å². The number of fused-ring (bicyclic) bond motifs is 1. The fraction of sp³-hybridized carbons (Fsp3) is 0.688. The van der Waals surface area contributed by atoms with Crippen molar-refractivity contribution in [3.05, 3.63) is 51.9 Å². The number of carboxylic acids is 1. The van der Waals surface area contributed by atoms with Crippen LogP contribution in [0.1, 0.15) is 83.3 Å². The van der Waals surface area contributed by atoms with E-state index in [2.05, 4.69) is 49.5 Å². The van der Waals surface area contributed by atoms with E-state index in [4.69, 9.17) is 39.7 Å². The number of amides is 5. The lowest BCUT2D eigenvalue weighted by atomic mass is 9.87. The molecule has 1 aromatic carbocycles. The highest BCUT2D eigenvalue weighted by molar-refractivity contribution is 5.92. The van der Waals surface area contributed by atoms with Crippen LogP contribution in [0.4, 0.5) is 4.79 Å². The van der Waals surface area contributed by atoms with Gasteiger partial charge >= 0.3 is 12.0 Å². The Morgan fingerprint density at radius 1 is 0.700 bits per heavy atom. The molecule has 0 heterocycles. The number of azide groups is 1. The molecule has 1 aromatic rings. The molecule has 1 aliphatic carbocycles. The third kappa shape index (κ3) is 27.6. The summed E-state index contributed by atoms with van der Waals surface area (Å²) in [7, 11) is 0. The van der Waals surface area contributed by atoms with Crippen LogP contribution in [0.5, 0.6) is 0 Å². The molecule has 22 nitrogen and oxygen atoms in total. The van der Waals surface area contributed by atoms with Crippen molar-refractivity contribution in [3.8, 4) is 0 Å². The average molecular weight is 989 g/mol. The summed E-state index contributed by atoms with van der Waals surface area (Å²) >= 11 is 0. The number of ether oxygens (including phenoxy) is 6. The number of aliphatic carboxylic acids is 1. The van der Waals surface area contributed by atoms with E-state index in [1.807, 2.05) is 19.1 Å². The first-order valence-electron chi connectivity index (χ1n) is 24.1. The van der Waals surface area contributed by atoms with Gasteiger partial charge < -0.3 is 60.5 Å². The second kappa shape index (κ2) is 37.4. The first-order chi connectivity index (χ1) is 33.7. The van der Waals surface area contributed by atoms with E-state index in [1.165, 1.54) is 11.1 Å². The van der Waals surface area contributed by atoms with Gasteiger partial charge in [0, 0.05) is 55.8 Å². The highest BCUT2D eigenvalue weighted by Gasteiger charge is 2.30. The molecule has 0 radical (unpaired) electrons. The largest absolute Gasteiger partial charge is 0.481 e. The Kier molecular flexibility index (Phi) is 32.4. The molecule has 1 aliphatic rings. The van der Waals surface area contributed by atoms with Gasteiger partial charge in [0.15, 0.2) is 5.78 Å². The Balaban J connectivity index is 1.69. The van der Waals surface area contributed by atoms with Crippen LogP contribution in [0.3, 0.4) is 0 Å². The molecule has 0 spiro atoms. The average Bonchev–Trinajstić information content (AvgIpc) is 3.73. The number of unbranched alkanes of at least 4 members (excludes halogenated alkanes) is 1. The number of Topliss-reactive ketones (excluding diaryl/α,β-unsaturated/α-hetero) is 2. The zero-order chi connectivity index (χ0) is 51.4. The van der Waals surface area contributed by atoms with Crippen LogP contribution in [-0.4, -0.2) is 158 Å². The van der Waals surface area contributed by atoms with Gasteiger partial charge in [-0.3, -0.25) is 28.8 Å². The molecule has 22 heteroatoms.